The monoisotopic (exact) mass is 291 g/mol. The zero-order chi connectivity index (χ0) is 15.4. The van der Waals surface area contributed by atoms with Gasteiger partial charge in [-0.2, -0.15) is 0 Å². The number of amides is 1. The third-order valence-electron chi connectivity index (χ3n) is 3.82. The van der Waals surface area contributed by atoms with Crippen LogP contribution in [0.5, 0.6) is 5.75 Å². The zero-order valence-electron chi connectivity index (χ0n) is 12.3. The van der Waals surface area contributed by atoms with E-state index in [4.69, 9.17) is 9.84 Å². The molecule has 5 nitrogen and oxygen atoms in total. The molecule has 0 radical (unpaired) electrons. The van der Waals surface area contributed by atoms with Gasteiger partial charge in [0.1, 0.15) is 11.9 Å². The Hall–Kier alpha value is -2.04. The SMILES string of the molecule is Cc1cccc(OC(C)CNC(=O)C2CCC2C(=O)O)c1. The number of carbonyl (C=O) groups excluding carboxylic acids is 1. The van der Waals surface area contributed by atoms with E-state index in [1.54, 1.807) is 0 Å². The summed E-state index contributed by atoms with van der Waals surface area (Å²) in [5.41, 5.74) is 1.11. The highest BCUT2D eigenvalue weighted by atomic mass is 16.5. The molecule has 1 aliphatic carbocycles. The highest BCUT2D eigenvalue weighted by Gasteiger charge is 2.41. The lowest BCUT2D eigenvalue weighted by atomic mass is 9.73. The maximum absolute atomic E-state index is 11.9. The highest BCUT2D eigenvalue weighted by molar-refractivity contribution is 5.86. The molecule has 2 N–H and O–H groups in total. The summed E-state index contributed by atoms with van der Waals surface area (Å²) >= 11 is 0. The van der Waals surface area contributed by atoms with Gasteiger partial charge in [-0.1, -0.05) is 12.1 Å². The Balaban J connectivity index is 1.77. The smallest absolute Gasteiger partial charge is 0.307 e. The lowest BCUT2D eigenvalue weighted by Crippen LogP contribution is -2.46. The van der Waals surface area contributed by atoms with Crippen LogP contribution in [0.15, 0.2) is 24.3 Å². The summed E-state index contributed by atoms with van der Waals surface area (Å²) in [6.45, 7) is 4.23. The van der Waals surface area contributed by atoms with Crippen LogP contribution in [-0.2, 0) is 9.59 Å². The first kappa shape index (κ1) is 15.4. The molecule has 2 rings (SSSR count). The van der Waals surface area contributed by atoms with E-state index in [1.165, 1.54) is 0 Å². The van der Waals surface area contributed by atoms with E-state index in [-0.39, 0.29) is 12.0 Å². The van der Waals surface area contributed by atoms with Crippen molar-refractivity contribution in [2.75, 3.05) is 6.54 Å². The molecule has 3 atom stereocenters. The fourth-order valence-electron chi connectivity index (χ4n) is 2.45. The van der Waals surface area contributed by atoms with Crippen LogP contribution in [-0.4, -0.2) is 29.6 Å². The molecule has 1 aromatic carbocycles. The Bertz CT molecular complexity index is 529. The number of aliphatic carboxylic acids is 1. The molecular formula is C16H21NO4. The van der Waals surface area contributed by atoms with Gasteiger partial charge in [0, 0.05) is 0 Å². The quantitative estimate of drug-likeness (QED) is 0.840. The first-order valence-corrected chi connectivity index (χ1v) is 7.21. The van der Waals surface area contributed by atoms with Crippen molar-refractivity contribution >= 4 is 11.9 Å². The molecule has 0 bridgehead atoms. The number of aryl methyl sites for hydroxylation is 1. The summed E-state index contributed by atoms with van der Waals surface area (Å²) < 4.78 is 5.72. The van der Waals surface area contributed by atoms with Crippen LogP contribution in [0.25, 0.3) is 0 Å². The lowest BCUT2D eigenvalue weighted by Gasteiger charge is -2.32. The van der Waals surface area contributed by atoms with E-state index in [0.717, 1.165) is 11.3 Å². The van der Waals surface area contributed by atoms with Crippen LogP contribution in [0, 0.1) is 18.8 Å². The lowest BCUT2D eigenvalue weighted by molar-refractivity contribution is -0.152. The molecule has 21 heavy (non-hydrogen) atoms. The Kier molecular flexibility index (Phi) is 4.83. The van der Waals surface area contributed by atoms with Crippen molar-refractivity contribution in [2.24, 2.45) is 11.8 Å². The summed E-state index contributed by atoms with van der Waals surface area (Å²) in [7, 11) is 0. The standard InChI is InChI=1S/C16H21NO4/c1-10-4-3-5-12(8-10)21-11(2)9-17-15(18)13-6-7-14(13)16(19)20/h3-5,8,11,13-14H,6-7,9H2,1-2H3,(H,17,18)(H,19,20). The zero-order valence-corrected chi connectivity index (χ0v) is 12.3. The molecule has 0 aliphatic heterocycles. The molecule has 0 heterocycles. The molecule has 1 saturated carbocycles. The maximum Gasteiger partial charge on any atom is 0.307 e. The van der Waals surface area contributed by atoms with Gasteiger partial charge in [0.25, 0.3) is 0 Å². The number of nitrogens with one attached hydrogen (secondary N) is 1. The van der Waals surface area contributed by atoms with Crippen molar-refractivity contribution in [2.45, 2.75) is 32.8 Å². The number of carboxylic acids is 1. The minimum atomic E-state index is -0.884. The van der Waals surface area contributed by atoms with Crippen molar-refractivity contribution in [1.82, 2.24) is 5.32 Å². The summed E-state index contributed by atoms with van der Waals surface area (Å²) in [6, 6.07) is 7.71. The normalized spacial score (nSPS) is 22.0. The molecule has 114 valence electrons. The minimum Gasteiger partial charge on any atom is -0.489 e. The van der Waals surface area contributed by atoms with E-state index in [1.807, 2.05) is 38.1 Å². The minimum absolute atomic E-state index is 0.167. The second-order valence-electron chi connectivity index (χ2n) is 5.62. The predicted molar refractivity (Wildman–Crippen MR) is 78.1 cm³/mol. The van der Waals surface area contributed by atoms with E-state index in [9.17, 15) is 9.59 Å². The molecule has 0 spiro atoms. The van der Waals surface area contributed by atoms with Crippen molar-refractivity contribution in [3.05, 3.63) is 29.8 Å². The number of hydrogen-bond donors (Lipinski definition) is 2. The Morgan fingerprint density at radius 1 is 1.38 bits per heavy atom. The van der Waals surface area contributed by atoms with Gasteiger partial charge >= 0.3 is 5.97 Å². The summed E-state index contributed by atoms with van der Waals surface area (Å²) in [6.07, 6.45) is 1.07. The first-order valence-electron chi connectivity index (χ1n) is 7.21. The highest BCUT2D eigenvalue weighted by Crippen LogP contribution is 2.34. The van der Waals surface area contributed by atoms with Crippen LogP contribution in [0.4, 0.5) is 0 Å². The van der Waals surface area contributed by atoms with Gasteiger partial charge in [-0.15, -0.1) is 0 Å². The van der Waals surface area contributed by atoms with E-state index in [0.29, 0.717) is 19.4 Å². The van der Waals surface area contributed by atoms with Crippen molar-refractivity contribution < 1.29 is 19.4 Å². The molecule has 0 saturated heterocycles. The van der Waals surface area contributed by atoms with Crippen LogP contribution in [0.3, 0.4) is 0 Å². The Labute approximate surface area is 124 Å². The molecule has 3 unspecified atom stereocenters. The predicted octanol–water partition coefficient (Wildman–Crippen LogP) is 1.99. The molecule has 1 fully saturated rings. The number of carbonyl (C=O) groups is 2. The van der Waals surface area contributed by atoms with Crippen molar-refractivity contribution in [3.8, 4) is 5.75 Å². The average Bonchev–Trinajstić information content (AvgIpc) is 2.34. The van der Waals surface area contributed by atoms with Crippen LogP contribution in [0.1, 0.15) is 25.3 Å². The van der Waals surface area contributed by atoms with Gasteiger partial charge in [-0.3, -0.25) is 9.59 Å². The van der Waals surface area contributed by atoms with Gasteiger partial charge in [0.05, 0.1) is 18.4 Å². The van der Waals surface area contributed by atoms with Crippen molar-refractivity contribution in [1.29, 1.82) is 0 Å². The number of carboxylic acid groups (broad SMARTS) is 1. The average molecular weight is 291 g/mol. The molecule has 0 aromatic heterocycles. The summed E-state index contributed by atoms with van der Waals surface area (Å²) in [5.74, 6) is -1.23. The number of benzene rings is 1. The molecule has 1 aromatic rings. The van der Waals surface area contributed by atoms with Crippen LogP contribution >= 0.6 is 0 Å². The second kappa shape index (κ2) is 6.61. The first-order chi connectivity index (χ1) is 9.97. The molecular weight excluding hydrogens is 270 g/mol. The van der Waals surface area contributed by atoms with E-state index in [2.05, 4.69) is 5.32 Å². The molecule has 1 aliphatic rings. The number of ether oxygens (including phenoxy) is 1. The fourth-order valence-corrected chi connectivity index (χ4v) is 2.45. The van der Waals surface area contributed by atoms with E-state index < -0.39 is 17.8 Å². The van der Waals surface area contributed by atoms with Gasteiger partial charge in [-0.05, 0) is 44.4 Å². The van der Waals surface area contributed by atoms with Crippen molar-refractivity contribution in [3.63, 3.8) is 0 Å². The summed E-state index contributed by atoms with van der Waals surface area (Å²) in [5, 5.41) is 11.7. The van der Waals surface area contributed by atoms with E-state index >= 15 is 0 Å². The Morgan fingerprint density at radius 2 is 2.10 bits per heavy atom. The second-order valence-corrected chi connectivity index (χ2v) is 5.62. The van der Waals surface area contributed by atoms with Gasteiger partial charge in [0.15, 0.2) is 0 Å². The van der Waals surface area contributed by atoms with Gasteiger partial charge < -0.3 is 15.2 Å². The third kappa shape index (κ3) is 3.97. The van der Waals surface area contributed by atoms with Gasteiger partial charge in [-0.25, -0.2) is 0 Å². The van der Waals surface area contributed by atoms with Crippen LogP contribution in [0.2, 0.25) is 0 Å². The largest absolute Gasteiger partial charge is 0.489 e. The third-order valence-corrected chi connectivity index (χ3v) is 3.82. The fraction of sp³-hybridized carbons (Fsp3) is 0.500. The molecule has 1 amide bonds. The molecule has 5 heteroatoms. The number of rotatable bonds is 6. The van der Waals surface area contributed by atoms with Crippen LogP contribution < -0.4 is 10.1 Å². The topological polar surface area (TPSA) is 75.6 Å². The Morgan fingerprint density at radius 3 is 2.67 bits per heavy atom. The summed E-state index contributed by atoms with van der Waals surface area (Å²) in [4.78, 5) is 22.8. The number of hydrogen-bond acceptors (Lipinski definition) is 3. The van der Waals surface area contributed by atoms with Gasteiger partial charge in [0.2, 0.25) is 5.91 Å². The maximum atomic E-state index is 11.9.